The highest BCUT2D eigenvalue weighted by Gasteiger charge is 2.07. The third-order valence-corrected chi connectivity index (χ3v) is 2.23. The van der Waals surface area contributed by atoms with E-state index in [0.717, 1.165) is 5.69 Å². The van der Waals surface area contributed by atoms with Crippen LogP contribution in [0.15, 0.2) is 12.1 Å². The van der Waals surface area contributed by atoms with Gasteiger partial charge in [0.2, 0.25) is 0 Å². The smallest absolute Gasteiger partial charge is 0.126 e. The van der Waals surface area contributed by atoms with Crippen molar-refractivity contribution in [3.63, 3.8) is 0 Å². The maximum atomic E-state index is 13.3. The molecule has 1 nitrogen and oxygen atoms in total. The van der Waals surface area contributed by atoms with Crippen LogP contribution in [0, 0.1) is 12.7 Å². The first-order chi connectivity index (χ1) is 5.54. The van der Waals surface area contributed by atoms with Crippen molar-refractivity contribution in [3.05, 3.63) is 23.5 Å². The highest BCUT2D eigenvalue weighted by atomic mass is 28.1. The first kappa shape index (κ1) is 9.26. The van der Waals surface area contributed by atoms with E-state index in [-0.39, 0.29) is 5.82 Å². The van der Waals surface area contributed by atoms with E-state index in [1.54, 1.807) is 13.0 Å². The molecule has 1 rings (SSSR count). The number of hydrogen-bond acceptors (Lipinski definition) is 1. The van der Waals surface area contributed by atoms with Gasteiger partial charge < -0.3 is 4.90 Å². The first-order valence-corrected chi connectivity index (χ1v) is 4.22. The van der Waals surface area contributed by atoms with Crippen LogP contribution < -0.4 is 10.1 Å². The molecule has 0 heterocycles. The second kappa shape index (κ2) is 3.27. The summed E-state index contributed by atoms with van der Waals surface area (Å²) in [6, 6.07) is 3.61. The van der Waals surface area contributed by atoms with E-state index in [4.69, 9.17) is 0 Å². The molecule has 0 aliphatic carbocycles. The van der Waals surface area contributed by atoms with Crippen molar-refractivity contribution in [2.45, 2.75) is 6.92 Å². The number of benzene rings is 1. The lowest BCUT2D eigenvalue weighted by molar-refractivity contribution is 0.626. The van der Waals surface area contributed by atoms with Gasteiger partial charge in [-0.25, -0.2) is 4.39 Å². The van der Waals surface area contributed by atoms with Crippen molar-refractivity contribution >= 4 is 21.1 Å². The lowest BCUT2D eigenvalue weighted by atomic mass is 10.2. The molecule has 0 aliphatic rings. The summed E-state index contributed by atoms with van der Waals surface area (Å²) in [4.78, 5) is 1.89. The Labute approximate surface area is 75.6 Å². The Hall–Kier alpha value is -0.833. The molecule has 0 fully saturated rings. The zero-order valence-corrected chi connectivity index (χ0v) is 8.48. The van der Waals surface area contributed by atoms with Gasteiger partial charge >= 0.3 is 0 Å². The minimum Gasteiger partial charge on any atom is -0.377 e. The van der Waals surface area contributed by atoms with Crippen LogP contribution in [0.25, 0.3) is 0 Å². The average Bonchev–Trinajstić information content (AvgIpc) is 2.00. The van der Waals surface area contributed by atoms with Crippen molar-refractivity contribution < 1.29 is 4.39 Å². The molecule has 1 aromatic rings. The summed E-state index contributed by atoms with van der Waals surface area (Å²) < 4.78 is 13.3. The van der Waals surface area contributed by atoms with Crippen LogP contribution in [-0.2, 0) is 0 Å². The molecular formula is C9H11FNSi. The molecule has 1 aromatic carbocycles. The lowest BCUT2D eigenvalue weighted by Gasteiger charge is -2.16. The van der Waals surface area contributed by atoms with Gasteiger partial charge in [0.15, 0.2) is 0 Å². The van der Waals surface area contributed by atoms with E-state index < -0.39 is 0 Å². The van der Waals surface area contributed by atoms with E-state index in [0.29, 0.717) is 10.8 Å². The Bertz CT molecular complexity index is 297. The van der Waals surface area contributed by atoms with Crippen molar-refractivity contribution in [1.29, 1.82) is 0 Å². The summed E-state index contributed by atoms with van der Waals surface area (Å²) in [7, 11) is 6.98. The molecule has 63 valence electrons. The molecule has 0 saturated heterocycles. The van der Waals surface area contributed by atoms with E-state index in [1.165, 1.54) is 0 Å². The van der Waals surface area contributed by atoms with Gasteiger partial charge in [0.1, 0.15) is 5.82 Å². The number of rotatable bonds is 1. The van der Waals surface area contributed by atoms with E-state index in [1.807, 2.05) is 25.1 Å². The highest BCUT2D eigenvalue weighted by Crippen LogP contribution is 2.17. The molecule has 0 aliphatic heterocycles. The maximum Gasteiger partial charge on any atom is 0.126 e. The largest absolute Gasteiger partial charge is 0.377 e. The second-order valence-corrected chi connectivity index (χ2v) is 3.50. The number of halogens is 1. The zero-order chi connectivity index (χ0) is 9.30. The van der Waals surface area contributed by atoms with Gasteiger partial charge in [0.25, 0.3) is 0 Å². The van der Waals surface area contributed by atoms with Gasteiger partial charge in [0.05, 0.1) is 10.2 Å². The molecule has 12 heavy (non-hydrogen) atoms. The maximum absolute atomic E-state index is 13.3. The van der Waals surface area contributed by atoms with Gasteiger partial charge in [-0.1, -0.05) is 6.07 Å². The van der Waals surface area contributed by atoms with Crippen LogP contribution >= 0.6 is 0 Å². The summed E-state index contributed by atoms with van der Waals surface area (Å²) >= 11 is 0. The van der Waals surface area contributed by atoms with Crippen LogP contribution in [0.5, 0.6) is 0 Å². The monoisotopic (exact) mass is 180 g/mol. The van der Waals surface area contributed by atoms with E-state index in [2.05, 4.69) is 10.2 Å². The zero-order valence-electron chi connectivity index (χ0n) is 7.48. The van der Waals surface area contributed by atoms with Crippen LogP contribution in [0.4, 0.5) is 10.1 Å². The Morgan fingerprint density at radius 2 is 1.92 bits per heavy atom. The van der Waals surface area contributed by atoms with Gasteiger partial charge in [-0.05, 0) is 18.2 Å². The fraction of sp³-hybridized carbons (Fsp3) is 0.333. The topological polar surface area (TPSA) is 3.24 Å². The van der Waals surface area contributed by atoms with Gasteiger partial charge in [-0.15, -0.1) is 0 Å². The summed E-state index contributed by atoms with van der Waals surface area (Å²) in [5.41, 5.74) is 1.59. The van der Waals surface area contributed by atoms with Crippen LogP contribution in [0.3, 0.4) is 0 Å². The Morgan fingerprint density at radius 1 is 1.33 bits per heavy atom. The van der Waals surface area contributed by atoms with Crippen molar-refractivity contribution in [3.8, 4) is 0 Å². The fourth-order valence-corrected chi connectivity index (χ4v) is 1.43. The predicted molar refractivity (Wildman–Crippen MR) is 50.9 cm³/mol. The van der Waals surface area contributed by atoms with Gasteiger partial charge in [-0.2, -0.15) is 0 Å². The van der Waals surface area contributed by atoms with E-state index >= 15 is 0 Å². The fourth-order valence-electron chi connectivity index (χ4n) is 1.16. The third-order valence-electron chi connectivity index (χ3n) is 1.84. The third kappa shape index (κ3) is 1.50. The van der Waals surface area contributed by atoms with Crippen LogP contribution in [-0.4, -0.2) is 24.3 Å². The first-order valence-electron chi connectivity index (χ1n) is 3.72. The molecule has 0 saturated carbocycles. The molecule has 0 unspecified atom stereocenters. The standard InChI is InChI=1S/C9H11FNSi/c1-6-7(11(2)3)4-5-8(12)9(6)10/h4-5H,1-3H3. The molecule has 0 spiro atoms. The predicted octanol–water partition coefficient (Wildman–Crippen LogP) is 0.994. The van der Waals surface area contributed by atoms with Crippen LogP contribution in [0.2, 0.25) is 0 Å². The summed E-state index contributed by atoms with van der Waals surface area (Å²) in [6.45, 7) is 1.77. The molecule has 0 bridgehead atoms. The molecule has 3 heteroatoms. The molecule has 0 N–H and O–H groups in total. The Kier molecular flexibility index (Phi) is 2.52. The number of nitrogens with zero attached hydrogens (tertiary/aromatic N) is 1. The van der Waals surface area contributed by atoms with Gasteiger partial charge in [-0.3, -0.25) is 0 Å². The molecule has 0 aromatic heterocycles. The van der Waals surface area contributed by atoms with Crippen molar-refractivity contribution in [2.75, 3.05) is 19.0 Å². The quantitative estimate of drug-likeness (QED) is 0.583. The minimum atomic E-state index is -0.183. The highest BCUT2D eigenvalue weighted by molar-refractivity contribution is 6.32. The summed E-state index contributed by atoms with van der Waals surface area (Å²) in [5, 5.41) is 0.512. The summed E-state index contributed by atoms with van der Waals surface area (Å²) in [6.07, 6.45) is 0. The summed E-state index contributed by atoms with van der Waals surface area (Å²) in [5.74, 6) is -0.183. The number of anilines is 1. The van der Waals surface area contributed by atoms with Crippen molar-refractivity contribution in [2.24, 2.45) is 0 Å². The Balaban J connectivity index is 3.27. The van der Waals surface area contributed by atoms with Crippen LogP contribution in [0.1, 0.15) is 5.56 Å². The van der Waals surface area contributed by atoms with Gasteiger partial charge in [0, 0.05) is 25.3 Å². The normalized spacial score (nSPS) is 10.1. The molecular weight excluding hydrogens is 169 g/mol. The molecule has 3 radical (unpaired) electrons. The SMILES string of the molecule is Cc1c(N(C)C)ccc([Si])c1F. The van der Waals surface area contributed by atoms with Crippen molar-refractivity contribution in [1.82, 2.24) is 0 Å². The molecule has 0 amide bonds. The second-order valence-electron chi connectivity index (χ2n) is 2.97. The Morgan fingerprint density at radius 3 is 2.42 bits per heavy atom. The van der Waals surface area contributed by atoms with E-state index in [9.17, 15) is 4.39 Å². The lowest BCUT2D eigenvalue weighted by Crippen LogP contribution is -2.16. The number of hydrogen-bond donors (Lipinski definition) is 0. The molecule has 0 atom stereocenters. The minimum absolute atomic E-state index is 0.183. The average molecular weight is 180 g/mol.